The summed E-state index contributed by atoms with van der Waals surface area (Å²) in [6, 6.07) is 31.8. The largest absolute Gasteiger partial charge is 0.357 e. The number of piperidine rings is 2. The maximum atomic E-state index is 13.9. The van der Waals surface area contributed by atoms with E-state index in [0.29, 0.717) is 43.4 Å². The van der Waals surface area contributed by atoms with Crippen molar-refractivity contribution in [1.82, 2.24) is 70.5 Å². The van der Waals surface area contributed by atoms with E-state index in [4.69, 9.17) is 11.6 Å². The van der Waals surface area contributed by atoms with Crippen LogP contribution < -0.4 is 15.1 Å². The first-order chi connectivity index (χ1) is 46.3. The van der Waals surface area contributed by atoms with Crippen LogP contribution >= 0.6 is 35.1 Å². The fourth-order valence-electron chi connectivity index (χ4n) is 13.2. The highest BCUT2D eigenvalue weighted by Crippen LogP contribution is 2.38. The number of fused-ring (bicyclic) bond motifs is 2. The van der Waals surface area contributed by atoms with Gasteiger partial charge in [-0.25, -0.2) is 29.9 Å². The van der Waals surface area contributed by atoms with Crippen LogP contribution in [-0.4, -0.2) is 175 Å². The monoisotopic (exact) mass is 1330 g/mol. The highest BCUT2D eigenvalue weighted by molar-refractivity contribution is 8.01. The molecule has 0 amide bonds. The van der Waals surface area contributed by atoms with Gasteiger partial charge in [-0.1, -0.05) is 12.1 Å². The summed E-state index contributed by atoms with van der Waals surface area (Å²) in [5, 5.41) is 20.6. The first-order valence-electron chi connectivity index (χ1n) is 32.3. The Balaban J connectivity index is 0.000000151. The third-order valence-corrected chi connectivity index (χ3v) is 21.7. The predicted octanol–water partition coefficient (Wildman–Crippen LogP) is 10.9. The van der Waals surface area contributed by atoms with Gasteiger partial charge < -0.3 is 15.1 Å². The zero-order valence-corrected chi connectivity index (χ0v) is 56.3. The van der Waals surface area contributed by atoms with Crippen molar-refractivity contribution in [2.45, 2.75) is 74.7 Å². The molecule has 4 aliphatic heterocycles. The minimum Gasteiger partial charge on any atom is -0.357 e. The molecule has 0 unspecified atom stereocenters. The van der Waals surface area contributed by atoms with Gasteiger partial charge in [0.1, 0.15) is 28.8 Å². The van der Waals surface area contributed by atoms with E-state index >= 15 is 0 Å². The standard InChI is InChI=1S/C36H38N8O2S.C20H22N4OS.C16H17ClN4O/c1-24-18-27(8-14-37-24)34-29-19-25(4-6-30(29)41-42-34)20-32(46)36(47-2)11-17-43(23-36)22-31(45)26-9-15-44(16-10-26)33-7-5-28(21-40-33)35-38-12-3-13-39-35;1-13-9-15(5-7-22-13)19-16-10-14(3-4-17(16)23-24-19)11-18(25)20(26-2)6-8-21-12-20;17-10-14(22)12-4-8-21(9-5-12)15-3-2-13(11-20-15)16-18-6-1-7-19-16/h3-8,12-14,18-19,21,26H,9-11,15-17,20,22-23H2,1-2H3,(H,41,42);3-5,7,9-10,21H,6,8,11-12H2,1-2H3,(H,23,24);1-3,6-7,11-12H,4-5,8-10H2/t36-;20-;/m00./s1. The molecule has 4 saturated heterocycles. The Hall–Kier alpha value is -8.67. The van der Waals surface area contributed by atoms with Crippen LogP contribution in [0, 0.1) is 25.7 Å². The number of Topliss-reactive ketones (excluding diaryl/α,β-unsaturated/α-hetero) is 4. The van der Waals surface area contributed by atoms with Crippen molar-refractivity contribution in [3.05, 3.63) is 169 Å². The van der Waals surface area contributed by atoms with Gasteiger partial charge in [0.2, 0.25) is 0 Å². The zero-order chi connectivity index (χ0) is 65.9. The number of nitrogens with zero attached hydrogens (tertiary/aromatic N) is 13. The van der Waals surface area contributed by atoms with E-state index < -0.39 is 4.75 Å². The zero-order valence-electron chi connectivity index (χ0n) is 53.9. The number of pyridine rings is 4. The number of anilines is 2. The Morgan fingerprint density at radius 2 is 1.02 bits per heavy atom. The molecule has 0 radical (unpaired) electrons. The number of H-pyrrole nitrogens is 2. The molecule has 3 N–H and O–H groups in total. The normalized spacial score (nSPS) is 18.5. The van der Waals surface area contributed by atoms with E-state index in [0.717, 1.165) is 174 Å². The van der Waals surface area contributed by atoms with Crippen molar-refractivity contribution in [1.29, 1.82) is 0 Å². The second-order valence-electron chi connectivity index (χ2n) is 24.8. The smallest absolute Gasteiger partial charge is 0.160 e. The fraction of sp³-hybridized carbons (Fsp3) is 0.361. The lowest BCUT2D eigenvalue weighted by atomic mass is 9.92. The molecule has 10 aromatic rings. The molecule has 2 atom stereocenters. The summed E-state index contributed by atoms with van der Waals surface area (Å²) < 4.78 is -0.793. The number of carbonyl (C=O) groups is 4. The van der Waals surface area contributed by atoms with E-state index in [9.17, 15) is 19.2 Å². The molecule has 2 aromatic carbocycles. The molecule has 4 fully saturated rings. The Bertz CT molecular complexity index is 4290. The predicted molar refractivity (Wildman–Crippen MR) is 378 cm³/mol. The van der Waals surface area contributed by atoms with Crippen molar-refractivity contribution in [2.75, 3.05) is 87.1 Å². The van der Waals surface area contributed by atoms with Crippen molar-refractivity contribution in [2.24, 2.45) is 11.8 Å². The molecule has 14 rings (SSSR count). The third-order valence-electron chi connectivity index (χ3n) is 18.8. The Morgan fingerprint density at radius 1 is 0.537 bits per heavy atom. The van der Waals surface area contributed by atoms with Crippen LogP contribution in [0.25, 0.3) is 67.1 Å². The topological polar surface area (TPSA) is 251 Å². The summed E-state index contributed by atoms with van der Waals surface area (Å²) in [6.07, 6.45) is 23.9. The lowest BCUT2D eigenvalue weighted by Gasteiger charge is -2.33. The molecule has 0 bridgehead atoms. The molecule has 0 saturated carbocycles. The number of halogens is 1. The number of aromatic amines is 2. The maximum Gasteiger partial charge on any atom is 0.160 e. The first kappa shape index (κ1) is 66.4. The molecule has 8 aromatic heterocycles. The highest BCUT2D eigenvalue weighted by Gasteiger charge is 2.45. The average molecular weight is 1330 g/mol. The molecule has 12 heterocycles. The van der Waals surface area contributed by atoms with Gasteiger partial charge in [-0.05, 0) is 167 Å². The van der Waals surface area contributed by atoms with Gasteiger partial charge in [-0.3, -0.25) is 44.2 Å². The van der Waals surface area contributed by atoms with Crippen LogP contribution in [0.4, 0.5) is 11.6 Å². The summed E-state index contributed by atoms with van der Waals surface area (Å²) in [5.74, 6) is 4.38. The summed E-state index contributed by atoms with van der Waals surface area (Å²) in [5.41, 5.74) is 11.4. The molecule has 95 heavy (non-hydrogen) atoms. The Labute approximate surface area is 566 Å². The number of aryl methyl sites for hydroxylation is 2. The maximum absolute atomic E-state index is 13.9. The van der Waals surface area contributed by atoms with E-state index in [2.05, 4.69) is 92.4 Å². The van der Waals surface area contributed by atoms with Gasteiger partial charge in [-0.2, -0.15) is 10.2 Å². The van der Waals surface area contributed by atoms with E-state index in [-0.39, 0.29) is 39.8 Å². The minimum absolute atomic E-state index is 0.0308. The molecule has 4 aliphatic rings. The summed E-state index contributed by atoms with van der Waals surface area (Å²) in [6.45, 7) is 10.6. The third kappa shape index (κ3) is 15.5. The molecule has 488 valence electrons. The molecule has 23 heteroatoms. The Kier molecular flexibility index (Phi) is 21.2. The Morgan fingerprint density at radius 3 is 1.45 bits per heavy atom. The number of aromatic nitrogens is 12. The fourth-order valence-corrected chi connectivity index (χ4v) is 15.2. The molecule has 0 spiro atoms. The summed E-state index contributed by atoms with van der Waals surface area (Å²) >= 11 is 8.93. The van der Waals surface area contributed by atoms with Crippen molar-refractivity contribution in [3.8, 4) is 45.3 Å². The molecule has 20 nitrogen and oxygen atoms in total. The van der Waals surface area contributed by atoms with Crippen molar-refractivity contribution in [3.63, 3.8) is 0 Å². The first-order valence-corrected chi connectivity index (χ1v) is 35.3. The number of likely N-dealkylation sites (tertiary alicyclic amines) is 1. The average Bonchev–Trinajstić information content (AvgIpc) is 1.70. The van der Waals surface area contributed by atoms with Crippen LogP contribution in [0.5, 0.6) is 0 Å². The summed E-state index contributed by atoms with van der Waals surface area (Å²) in [7, 11) is 0. The van der Waals surface area contributed by atoms with Crippen molar-refractivity contribution >= 4 is 91.7 Å². The van der Waals surface area contributed by atoms with Crippen LogP contribution in [0.15, 0.2) is 147 Å². The van der Waals surface area contributed by atoms with Crippen LogP contribution in [0.3, 0.4) is 0 Å². The van der Waals surface area contributed by atoms with E-state index in [1.807, 2.05) is 105 Å². The van der Waals surface area contributed by atoms with Gasteiger partial charge in [0, 0.05) is 164 Å². The van der Waals surface area contributed by atoms with Crippen LogP contribution in [-0.2, 0) is 32.0 Å². The van der Waals surface area contributed by atoms with Gasteiger partial charge >= 0.3 is 0 Å². The van der Waals surface area contributed by atoms with Gasteiger partial charge in [0.05, 0.1) is 33.0 Å². The quantitative estimate of drug-likeness (QED) is 0.0636. The van der Waals surface area contributed by atoms with Crippen LogP contribution in [0.2, 0.25) is 0 Å². The number of thioether (sulfide) groups is 2. The number of benzene rings is 2. The second kappa shape index (κ2) is 30.4. The lowest BCUT2D eigenvalue weighted by molar-refractivity contribution is -0.125. The molecular weight excluding hydrogens is 1250 g/mol. The van der Waals surface area contributed by atoms with Gasteiger partial charge in [0.25, 0.3) is 0 Å². The van der Waals surface area contributed by atoms with Crippen LogP contribution in [0.1, 0.15) is 61.0 Å². The summed E-state index contributed by atoms with van der Waals surface area (Å²) in [4.78, 5) is 93.3. The number of nitrogens with one attached hydrogen (secondary N) is 3. The SMILES string of the molecule is CS[C@@]1(C(=O)Cc2ccc3[nH]nc(-c4ccnc(C)c4)c3c2)CCN(CC(=O)C2CCN(c3ccc(-c4ncccn4)cn3)CC2)C1.CS[C@@]1(C(=O)Cc2ccc3[nH]nc(-c4ccnc(C)c4)c3c2)CCNC1.O=C(CCl)C1CCN(c2ccc(-c3ncccn3)cn2)CC1. The van der Waals surface area contributed by atoms with Gasteiger partial charge in [-0.15, -0.1) is 35.1 Å². The number of alkyl halides is 1. The second-order valence-corrected chi connectivity index (χ2v) is 27.5. The van der Waals surface area contributed by atoms with E-state index in [1.54, 1.807) is 79.0 Å². The molecule has 0 aliphatic carbocycles. The number of hydrogen-bond donors (Lipinski definition) is 3. The number of carbonyl (C=O) groups excluding carboxylic acids is 4. The highest BCUT2D eigenvalue weighted by atomic mass is 35.5. The lowest BCUT2D eigenvalue weighted by Crippen LogP contribution is -2.42. The van der Waals surface area contributed by atoms with Crippen molar-refractivity contribution < 1.29 is 19.2 Å². The number of ketones is 4. The molecular formula is C72H77ClN16O4S2. The van der Waals surface area contributed by atoms with Gasteiger partial charge in [0.15, 0.2) is 29.0 Å². The van der Waals surface area contributed by atoms with E-state index in [1.165, 1.54) is 0 Å². The minimum atomic E-state index is -0.511. The number of hydrogen-bond acceptors (Lipinski definition) is 20. The number of rotatable bonds is 19.